The maximum Gasteiger partial charge on any atom is 0.139 e. The summed E-state index contributed by atoms with van der Waals surface area (Å²) in [4.78, 5) is 4.22. The van der Waals surface area contributed by atoms with Crippen molar-refractivity contribution in [1.29, 1.82) is 0 Å². The van der Waals surface area contributed by atoms with Crippen molar-refractivity contribution in [3.05, 3.63) is 48.8 Å². The van der Waals surface area contributed by atoms with Gasteiger partial charge in [-0.05, 0) is 16.8 Å². The Morgan fingerprint density at radius 3 is 2.78 bits per heavy atom. The largest absolute Gasteiger partial charge is 0.263 e. The molecule has 2 aromatic heterocycles. The van der Waals surface area contributed by atoms with E-state index in [0.717, 1.165) is 0 Å². The third-order valence-corrected chi connectivity index (χ3v) is 4.60. The minimum Gasteiger partial charge on any atom is -0.263 e. The SMILES string of the molecule is Bc1ccc2ccc3c4ccncc4sc3c2c1. The second kappa shape index (κ2) is 3.56. The van der Waals surface area contributed by atoms with Crippen LogP contribution in [0, 0.1) is 0 Å². The molecule has 0 bridgehead atoms. The molecular formula is C15H10BNS. The molecule has 0 amide bonds. The van der Waals surface area contributed by atoms with Gasteiger partial charge in [-0.3, -0.25) is 4.98 Å². The summed E-state index contributed by atoms with van der Waals surface area (Å²) in [7, 11) is 2.15. The van der Waals surface area contributed by atoms with Crippen molar-refractivity contribution in [1.82, 2.24) is 4.98 Å². The number of fused-ring (bicyclic) bond motifs is 5. The topological polar surface area (TPSA) is 12.9 Å². The van der Waals surface area contributed by atoms with Gasteiger partial charge < -0.3 is 0 Å². The number of aromatic nitrogens is 1. The Bertz CT molecular complexity index is 895. The number of hydrogen-bond donors (Lipinski definition) is 0. The molecular weight excluding hydrogens is 237 g/mol. The Labute approximate surface area is 109 Å². The van der Waals surface area contributed by atoms with Gasteiger partial charge in [0.1, 0.15) is 7.85 Å². The summed E-state index contributed by atoms with van der Waals surface area (Å²) in [5.41, 5.74) is 1.31. The Balaban J connectivity index is 2.31. The van der Waals surface area contributed by atoms with Gasteiger partial charge in [0.2, 0.25) is 0 Å². The molecule has 0 spiro atoms. The van der Waals surface area contributed by atoms with Crippen molar-refractivity contribution in [3.63, 3.8) is 0 Å². The first-order valence-electron chi connectivity index (χ1n) is 5.98. The Hall–Kier alpha value is -1.87. The van der Waals surface area contributed by atoms with Crippen LogP contribution in [0.1, 0.15) is 0 Å². The number of thiophene rings is 1. The van der Waals surface area contributed by atoms with E-state index >= 15 is 0 Å². The zero-order valence-corrected chi connectivity index (χ0v) is 10.8. The van der Waals surface area contributed by atoms with E-state index in [2.05, 4.69) is 49.2 Å². The molecule has 0 saturated carbocycles. The number of hydrogen-bond acceptors (Lipinski definition) is 2. The fourth-order valence-electron chi connectivity index (χ4n) is 2.52. The van der Waals surface area contributed by atoms with Crippen LogP contribution in [0.25, 0.3) is 30.9 Å². The highest BCUT2D eigenvalue weighted by atomic mass is 32.1. The summed E-state index contributed by atoms with van der Waals surface area (Å²) in [6, 6.07) is 13.2. The molecule has 0 saturated heterocycles. The second-order valence-electron chi connectivity index (χ2n) is 4.64. The summed E-state index contributed by atoms with van der Waals surface area (Å²) in [6.45, 7) is 0. The fraction of sp³-hybridized carbons (Fsp3) is 0. The molecule has 2 heterocycles. The summed E-state index contributed by atoms with van der Waals surface area (Å²) in [6.07, 6.45) is 3.83. The lowest BCUT2D eigenvalue weighted by Crippen LogP contribution is -1.99. The normalized spacial score (nSPS) is 11.6. The maximum atomic E-state index is 4.22. The highest BCUT2D eigenvalue weighted by molar-refractivity contribution is 7.26. The van der Waals surface area contributed by atoms with E-state index in [1.54, 1.807) is 0 Å². The Morgan fingerprint density at radius 1 is 0.944 bits per heavy atom. The molecule has 3 heteroatoms. The van der Waals surface area contributed by atoms with Crippen molar-refractivity contribution in [2.75, 3.05) is 0 Å². The molecule has 4 rings (SSSR count). The monoisotopic (exact) mass is 247 g/mol. The van der Waals surface area contributed by atoms with Gasteiger partial charge >= 0.3 is 0 Å². The minimum absolute atomic E-state index is 1.27. The van der Waals surface area contributed by atoms with Crippen LogP contribution >= 0.6 is 11.3 Å². The van der Waals surface area contributed by atoms with Crippen molar-refractivity contribution < 1.29 is 0 Å². The van der Waals surface area contributed by atoms with Crippen LogP contribution in [0.4, 0.5) is 0 Å². The predicted octanol–water partition coefficient (Wildman–Crippen LogP) is 2.86. The smallest absolute Gasteiger partial charge is 0.139 e. The summed E-state index contributed by atoms with van der Waals surface area (Å²) in [5, 5.41) is 5.32. The third kappa shape index (κ3) is 1.31. The van der Waals surface area contributed by atoms with E-state index in [9.17, 15) is 0 Å². The Morgan fingerprint density at radius 2 is 1.83 bits per heavy atom. The maximum absolute atomic E-state index is 4.22. The Kier molecular flexibility index (Phi) is 2.00. The van der Waals surface area contributed by atoms with Crippen molar-refractivity contribution >= 4 is 55.6 Å². The van der Waals surface area contributed by atoms with Gasteiger partial charge in [0, 0.05) is 27.9 Å². The molecule has 0 fully saturated rings. The molecule has 2 aromatic carbocycles. The van der Waals surface area contributed by atoms with Gasteiger partial charge in [0.25, 0.3) is 0 Å². The van der Waals surface area contributed by atoms with Crippen molar-refractivity contribution in [2.24, 2.45) is 0 Å². The standard InChI is InChI=1S/C15H10BNS/c16-10-3-1-9-2-4-12-11-5-6-17-8-14(11)18-15(12)13(9)7-10/h1-8H,16H2. The summed E-state index contributed by atoms with van der Waals surface area (Å²) in [5.74, 6) is 0. The average molecular weight is 247 g/mol. The third-order valence-electron chi connectivity index (χ3n) is 3.41. The van der Waals surface area contributed by atoms with Crippen LogP contribution < -0.4 is 5.46 Å². The van der Waals surface area contributed by atoms with Gasteiger partial charge in [0.15, 0.2) is 0 Å². The van der Waals surface area contributed by atoms with Crippen molar-refractivity contribution in [3.8, 4) is 0 Å². The van der Waals surface area contributed by atoms with E-state index < -0.39 is 0 Å². The van der Waals surface area contributed by atoms with E-state index in [1.807, 2.05) is 23.7 Å². The molecule has 0 N–H and O–H groups in total. The van der Waals surface area contributed by atoms with Gasteiger partial charge in [-0.2, -0.15) is 0 Å². The zero-order valence-electron chi connectivity index (χ0n) is 9.97. The van der Waals surface area contributed by atoms with Crippen LogP contribution in [0.15, 0.2) is 48.8 Å². The molecule has 0 radical (unpaired) electrons. The number of nitrogens with zero attached hydrogens (tertiary/aromatic N) is 1. The van der Waals surface area contributed by atoms with E-state index in [-0.39, 0.29) is 0 Å². The lowest BCUT2D eigenvalue weighted by atomic mass is 9.93. The quantitative estimate of drug-likeness (QED) is 0.435. The molecule has 0 aliphatic rings. The number of benzene rings is 2. The average Bonchev–Trinajstić information content (AvgIpc) is 2.78. The number of rotatable bonds is 0. The highest BCUT2D eigenvalue weighted by Gasteiger charge is 2.07. The van der Waals surface area contributed by atoms with Crippen LogP contribution in [-0.2, 0) is 0 Å². The zero-order chi connectivity index (χ0) is 12.1. The fourth-order valence-corrected chi connectivity index (χ4v) is 3.72. The van der Waals surface area contributed by atoms with Crippen LogP contribution in [0.5, 0.6) is 0 Å². The second-order valence-corrected chi connectivity index (χ2v) is 5.69. The molecule has 0 unspecified atom stereocenters. The van der Waals surface area contributed by atoms with Gasteiger partial charge in [0.05, 0.1) is 4.70 Å². The van der Waals surface area contributed by atoms with Crippen LogP contribution in [0.2, 0.25) is 0 Å². The first-order valence-corrected chi connectivity index (χ1v) is 6.80. The summed E-state index contributed by atoms with van der Waals surface area (Å²) >= 11 is 1.84. The minimum atomic E-state index is 1.27. The highest BCUT2D eigenvalue weighted by Crippen LogP contribution is 2.37. The van der Waals surface area contributed by atoms with Gasteiger partial charge in [-0.25, -0.2) is 0 Å². The number of pyridine rings is 1. The predicted molar refractivity (Wildman–Crippen MR) is 82.8 cm³/mol. The lowest BCUT2D eigenvalue weighted by Gasteiger charge is -2.01. The van der Waals surface area contributed by atoms with E-state index in [0.29, 0.717) is 0 Å². The van der Waals surface area contributed by atoms with Gasteiger partial charge in [-0.1, -0.05) is 35.8 Å². The van der Waals surface area contributed by atoms with E-state index in [1.165, 1.54) is 36.4 Å². The molecule has 0 aliphatic carbocycles. The lowest BCUT2D eigenvalue weighted by molar-refractivity contribution is 1.37. The molecule has 0 atom stereocenters. The molecule has 18 heavy (non-hydrogen) atoms. The molecule has 84 valence electrons. The van der Waals surface area contributed by atoms with E-state index in [4.69, 9.17) is 0 Å². The van der Waals surface area contributed by atoms with Crippen LogP contribution in [0.3, 0.4) is 0 Å². The van der Waals surface area contributed by atoms with Gasteiger partial charge in [-0.15, -0.1) is 11.3 Å². The first kappa shape index (κ1) is 10.1. The summed E-state index contributed by atoms with van der Waals surface area (Å²) < 4.78 is 2.64. The van der Waals surface area contributed by atoms with Crippen LogP contribution in [-0.4, -0.2) is 12.8 Å². The first-order chi connectivity index (χ1) is 8.83. The van der Waals surface area contributed by atoms with Crippen molar-refractivity contribution in [2.45, 2.75) is 0 Å². The molecule has 4 aromatic rings. The molecule has 1 nitrogen and oxygen atoms in total. The molecule has 0 aliphatic heterocycles.